The largest absolute Gasteiger partial charge is 0.472 e. The standard InChI is InChI=1S/C31H39N3O3/c1-20-27(30(35)36-29(21(2)33(3)4)22-11-6-5-7-12-22)28-24-19-23-13-10-18-34-17-9-8-16-31(23,34)37-26(24)15-14-25(28)32-20/h5-7,11-12,14-15,21,23,29,32H,8-10,13,16-19H2,1-4H3/t21-,23?,29-,31?/m0/s1. The van der Waals surface area contributed by atoms with E-state index in [0.29, 0.717) is 11.5 Å². The predicted molar refractivity (Wildman–Crippen MR) is 146 cm³/mol. The molecule has 2 fully saturated rings. The number of piperidine rings is 2. The average molecular weight is 502 g/mol. The van der Waals surface area contributed by atoms with Crippen molar-refractivity contribution in [2.45, 2.75) is 70.2 Å². The van der Waals surface area contributed by atoms with Crippen molar-refractivity contribution in [3.63, 3.8) is 0 Å². The van der Waals surface area contributed by atoms with Gasteiger partial charge in [-0.15, -0.1) is 0 Å². The van der Waals surface area contributed by atoms with Gasteiger partial charge in [0.25, 0.3) is 0 Å². The van der Waals surface area contributed by atoms with Gasteiger partial charge in [0.1, 0.15) is 11.9 Å². The Morgan fingerprint density at radius 1 is 1.14 bits per heavy atom. The summed E-state index contributed by atoms with van der Waals surface area (Å²) in [4.78, 5) is 22.1. The second-order valence-electron chi connectivity index (χ2n) is 11.5. The van der Waals surface area contributed by atoms with Crippen LogP contribution in [0, 0.1) is 12.8 Å². The first kappa shape index (κ1) is 24.5. The van der Waals surface area contributed by atoms with Gasteiger partial charge in [-0.3, -0.25) is 4.90 Å². The fourth-order valence-electron chi connectivity index (χ4n) is 7.00. The Kier molecular flexibility index (Phi) is 6.28. The Morgan fingerprint density at radius 2 is 1.92 bits per heavy atom. The molecule has 1 aromatic heterocycles. The highest BCUT2D eigenvalue weighted by Gasteiger charge is 2.52. The maximum Gasteiger partial charge on any atom is 0.341 e. The number of fused-ring (bicyclic) bond motifs is 3. The van der Waals surface area contributed by atoms with Gasteiger partial charge in [-0.1, -0.05) is 30.3 Å². The maximum atomic E-state index is 13.9. The lowest BCUT2D eigenvalue weighted by Gasteiger charge is -2.56. The highest BCUT2D eigenvalue weighted by Crippen LogP contribution is 2.50. The molecule has 3 aliphatic heterocycles. The molecule has 6 nitrogen and oxygen atoms in total. The van der Waals surface area contributed by atoms with E-state index in [4.69, 9.17) is 9.47 Å². The SMILES string of the molecule is Cc1[nH]c2ccc3c(c2c1C(=O)O[C@H](c1ccccc1)[C@H](C)N(C)C)CC1CCCN2CCCCC12O3. The Hall–Kier alpha value is -2.83. The number of nitrogens with zero attached hydrogens (tertiary/aromatic N) is 2. The average Bonchev–Trinajstić information content (AvgIpc) is 3.25. The van der Waals surface area contributed by atoms with Gasteiger partial charge in [-0.05, 0) is 77.7 Å². The first-order valence-corrected chi connectivity index (χ1v) is 13.9. The van der Waals surface area contributed by atoms with Gasteiger partial charge in [0.05, 0.1) is 5.56 Å². The van der Waals surface area contributed by atoms with Crippen LogP contribution in [0.3, 0.4) is 0 Å². The van der Waals surface area contributed by atoms with Crippen LogP contribution in [0.15, 0.2) is 42.5 Å². The smallest absolute Gasteiger partial charge is 0.341 e. The van der Waals surface area contributed by atoms with Crippen molar-refractivity contribution in [3.05, 3.63) is 64.8 Å². The molecule has 0 radical (unpaired) electrons. The number of aromatic nitrogens is 1. The van der Waals surface area contributed by atoms with Crippen molar-refractivity contribution in [1.82, 2.24) is 14.8 Å². The van der Waals surface area contributed by atoms with Gasteiger partial charge in [-0.2, -0.15) is 0 Å². The van der Waals surface area contributed by atoms with Crippen molar-refractivity contribution in [1.29, 1.82) is 0 Å². The van der Waals surface area contributed by atoms with Crippen LogP contribution in [0.2, 0.25) is 0 Å². The molecule has 0 aliphatic carbocycles. The highest BCUT2D eigenvalue weighted by molar-refractivity contribution is 6.07. The number of hydrogen-bond donors (Lipinski definition) is 1. The number of nitrogens with one attached hydrogen (secondary N) is 1. The monoisotopic (exact) mass is 501 g/mol. The molecule has 0 bridgehead atoms. The number of likely N-dealkylation sites (N-methyl/N-ethyl adjacent to an activating group) is 1. The molecule has 0 amide bonds. The van der Waals surface area contributed by atoms with Crippen molar-refractivity contribution in [2.75, 3.05) is 27.2 Å². The number of benzene rings is 2. The fraction of sp³-hybridized carbons (Fsp3) is 0.516. The van der Waals surface area contributed by atoms with Crippen molar-refractivity contribution >= 4 is 16.9 Å². The molecule has 3 aromatic rings. The molecule has 3 aliphatic rings. The van der Waals surface area contributed by atoms with Crippen LogP contribution >= 0.6 is 0 Å². The zero-order valence-corrected chi connectivity index (χ0v) is 22.5. The molecule has 6 heteroatoms. The van der Waals surface area contributed by atoms with Gasteiger partial charge in [-0.25, -0.2) is 4.79 Å². The van der Waals surface area contributed by atoms with Crippen LogP contribution in [-0.2, 0) is 11.2 Å². The van der Waals surface area contributed by atoms with Crippen LogP contribution in [-0.4, -0.2) is 59.7 Å². The third kappa shape index (κ3) is 4.05. The molecule has 6 rings (SSSR count). The Bertz CT molecular complexity index is 1300. The molecular weight excluding hydrogens is 462 g/mol. The number of hydrogen-bond acceptors (Lipinski definition) is 5. The quantitative estimate of drug-likeness (QED) is 0.445. The maximum absolute atomic E-state index is 13.9. The summed E-state index contributed by atoms with van der Waals surface area (Å²) in [7, 11) is 4.04. The molecule has 2 unspecified atom stereocenters. The molecule has 1 spiro atoms. The minimum Gasteiger partial charge on any atom is -0.472 e. The Balaban J connectivity index is 1.40. The lowest BCUT2D eigenvalue weighted by molar-refractivity contribution is -0.177. The van der Waals surface area contributed by atoms with Crippen molar-refractivity contribution < 1.29 is 14.3 Å². The normalized spacial score (nSPS) is 25.1. The van der Waals surface area contributed by atoms with E-state index < -0.39 is 0 Å². The number of H-pyrrole nitrogens is 1. The Morgan fingerprint density at radius 3 is 2.70 bits per heavy atom. The number of esters is 1. The Labute approximate surface area is 219 Å². The third-order valence-electron chi connectivity index (χ3n) is 9.14. The van der Waals surface area contributed by atoms with Gasteiger partial charge in [0.15, 0.2) is 5.72 Å². The first-order chi connectivity index (χ1) is 17.9. The molecule has 4 atom stereocenters. The summed E-state index contributed by atoms with van der Waals surface area (Å²) >= 11 is 0. The van der Waals surface area contributed by atoms with E-state index >= 15 is 0 Å². The van der Waals surface area contributed by atoms with E-state index in [1.807, 2.05) is 51.4 Å². The lowest BCUT2D eigenvalue weighted by atomic mass is 9.74. The third-order valence-corrected chi connectivity index (χ3v) is 9.14. The topological polar surface area (TPSA) is 57.8 Å². The van der Waals surface area contributed by atoms with Crippen molar-refractivity contribution in [3.8, 4) is 5.75 Å². The first-order valence-electron chi connectivity index (χ1n) is 13.9. The van der Waals surface area contributed by atoms with E-state index in [1.165, 1.54) is 25.7 Å². The summed E-state index contributed by atoms with van der Waals surface area (Å²) in [6.07, 6.45) is 6.52. The number of ether oxygens (including phenoxy) is 2. The van der Waals surface area contributed by atoms with Crippen LogP contribution < -0.4 is 4.74 Å². The van der Waals surface area contributed by atoms with E-state index in [0.717, 1.165) is 59.4 Å². The second kappa shape index (κ2) is 9.48. The van der Waals surface area contributed by atoms with Gasteiger partial charge < -0.3 is 19.4 Å². The molecule has 2 saturated heterocycles. The predicted octanol–water partition coefficient (Wildman–Crippen LogP) is 5.85. The number of aromatic amines is 1. The zero-order valence-electron chi connectivity index (χ0n) is 22.5. The molecule has 37 heavy (non-hydrogen) atoms. The molecular formula is C31H39N3O3. The summed E-state index contributed by atoms with van der Waals surface area (Å²) in [5.74, 6) is 1.11. The van der Waals surface area contributed by atoms with E-state index in [2.05, 4.69) is 33.8 Å². The zero-order chi connectivity index (χ0) is 25.7. The van der Waals surface area contributed by atoms with Crippen LogP contribution in [0.4, 0.5) is 0 Å². The van der Waals surface area contributed by atoms with Crippen LogP contribution in [0.5, 0.6) is 5.75 Å². The number of rotatable bonds is 5. The van der Waals surface area contributed by atoms with Crippen LogP contribution in [0.25, 0.3) is 10.9 Å². The minimum atomic E-state index is -0.374. The van der Waals surface area contributed by atoms with Gasteiger partial charge in [0, 0.05) is 53.6 Å². The second-order valence-corrected chi connectivity index (χ2v) is 11.5. The summed E-state index contributed by atoms with van der Waals surface area (Å²) in [6.45, 7) is 6.32. The number of aryl methyl sites for hydroxylation is 1. The van der Waals surface area contributed by atoms with E-state index in [9.17, 15) is 4.79 Å². The molecule has 1 N–H and O–H groups in total. The summed E-state index contributed by atoms with van der Waals surface area (Å²) in [5.41, 5.74) is 4.46. The molecule has 2 aromatic carbocycles. The molecule has 196 valence electrons. The van der Waals surface area contributed by atoms with Gasteiger partial charge >= 0.3 is 5.97 Å². The van der Waals surface area contributed by atoms with E-state index in [-0.39, 0.29) is 23.8 Å². The fourth-order valence-corrected chi connectivity index (χ4v) is 7.00. The minimum absolute atomic E-state index is 0.0218. The molecule has 4 heterocycles. The highest BCUT2D eigenvalue weighted by atomic mass is 16.5. The van der Waals surface area contributed by atoms with E-state index in [1.54, 1.807) is 0 Å². The van der Waals surface area contributed by atoms with Gasteiger partial charge in [0.2, 0.25) is 0 Å². The summed E-state index contributed by atoms with van der Waals surface area (Å²) in [5, 5.41) is 0.979. The lowest BCUT2D eigenvalue weighted by Crippen LogP contribution is -2.64. The molecule has 0 saturated carbocycles. The number of carbonyl (C=O) groups is 1. The summed E-state index contributed by atoms with van der Waals surface area (Å²) in [6, 6.07) is 14.3. The van der Waals surface area contributed by atoms with Crippen LogP contribution in [0.1, 0.15) is 72.3 Å². The number of carbonyl (C=O) groups excluding carboxylic acids is 1. The summed E-state index contributed by atoms with van der Waals surface area (Å²) < 4.78 is 13.3. The van der Waals surface area contributed by atoms with Crippen molar-refractivity contribution in [2.24, 2.45) is 5.92 Å².